The summed E-state index contributed by atoms with van der Waals surface area (Å²) in [6, 6.07) is 18.2. The molecule has 1 saturated heterocycles. The zero-order valence-corrected chi connectivity index (χ0v) is 14.7. The number of anilines is 1. The molecule has 3 heterocycles. The maximum atomic E-state index is 6.13. The summed E-state index contributed by atoms with van der Waals surface area (Å²) in [7, 11) is 0. The Morgan fingerprint density at radius 3 is 2.56 bits per heavy atom. The molecular weight excluding hydrogens is 308 g/mol. The highest BCUT2D eigenvalue weighted by molar-refractivity contribution is 5.53. The van der Waals surface area contributed by atoms with Crippen LogP contribution in [0.25, 0.3) is 0 Å². The van der Waals surface area contributed by atoms with Gasteiger partial charge in [0.2, 0.25) is 0 Å². The van der Waals surface area contributed by atoms with Gasteiger partial charge in [0.05, 0.1) is 12.3 Å². The summed E-state index contributed by atoms with van der Waals surface area (Å²) in [4.78, 5) is 2.69. The van der Waals surface area contributed by atoms with Crippen LogP contribution in [0.2, 0.25) is 0 Å². The lowest BCUT2D eigenvalue weighted by atomic mass is 9.88. The molecule has 3 unspecified atom stereocenters. The number of aryl methyl sites for hydroxylation is 1. The molecule has 3 aliphatic rings. The monoisotopic (exact) mass is 334 g/mol. The van der Waals surface area contributed by atoms with Crippen molar-refractivity contribution in [2.45, 2.75) is 57.0 Å². The summed E-state index contributed by atoms with van der Waals surface area (Å²) in [6.07, 6.45) is 6.63. The van der Waals surface area contributed by atoms with E-state index in [-0.39, 0.29) is 0 Å². The van der Waals surface area contributed by atoms with E-state index in [1.54, 1.807) is 0 Å². The minimum atomic E-state index is 0.382. The highest BCUT2D eigenvalue weighted by atomic mass is 16.5. The maximum absolute atomic E-state index is 6.13. The SMILES string of the molecule is c1ccc2c(c1)CC(C1CCCO1)N(C1CCc3ccccc3N1)C2. The first kappa shape index (κ1) is 15.4. The molecule has 3 heteroatoms. The van der Waals surface area contributed by atoms with Crippen molar-refractivity contribution in [2.24, 2.45) is 0 Å². The lowest BCUT2D eigenvalue weighted by Crippen LogP contribution is -2.55. The van der Waals surface area contributed by atoms with Gasteiger partial charge in [-0.25, -0.2) is 0 Å². The first-order chi connectivity index (χ1) is 12.4. The molecular formula is C22H26N2O. The van der Waals surface area contributed by atoms with E-state index in [9.17, 15) is 0 Å². The number of benzene rings is 2. The second-order valence-electron chi connectivity index (χ2n) is 7.62. The number of fused-ring (bicyclic) bond motifs is 2. The first-order valence-corrected chi connectivity index (χ1v) is 9.67. The van der Waals surface area contributed by atoms with E-state index in [2.05, 4.69) is 58.7 Å². The molecule has 2 aromatic carbocycles. The number of rotatable bonds is 2. The van der Waals surface area contributed by atoms with Gasteiger partial charge in [-0.2, -0.15) is 0 Å². The largest absolute Gasteiger partial charge is 0.377 e. The molecule has 1 fully saturated rings. The third kappa shape index (κ3) is 2.86. The molecule has 3 aliphatic heterocycles. The molecule has 0 saturated carbocycles. The summed E-state index contributed by atoms with van der Waals surface area (Å²) in [6.45, 7) is 1.96. The topological polar surface area (TPSA) is 24.5 Å². The fourth-order valence-electron chi connectivity index (χ4n) is 4.83. The average Bonchev–Trinajstić information content (AvgIpc) is 3.21. The van der Waals surface area contributed by atoms with Crippen molar-refractivity contribution in [3.05, 3.63) is 65.2 Å². The molecule has 25 heavy (non-hydrogen) atoms. The van der Waals surface area contributed by atoms with Gasteiger partial charge in [-0.3, -0.25) is 4.90 Å². The van der Waals surface area contributed by atoms with Crippen molar-refractivity contribution >= 4 is 5.69 Å². The fourth-order valence-corrected chi connectivity index (χ4v) is 4.83. The van der Waals surface area contributed by atoms with E-state index < -0.39 is 0 Å². The molecule has 0 amide bonds. The Kier molecular flexibility index (Phi) is 3.99. The van der Waals surface area contributed by atoms with Crippen LogP contribution in [-0.4, -0.2) is 29.8 Å². The van der Waals surface area contributed by atoms with Gasteiger partial charge < -0.3 is 10.1 Å². The van der Waals surface area contributed by atoms with Gasteiger partial charge in [0.1, 0.15) is 0 Å². The molecule has 0 radical (unpaired) electrons. The van der Waals surface area contributed by atoms with Crippen LogP contribution in [0.4, 0.5) is 5.69 Å². The molecule has 0 aromatic heterocycles. The van der Waals surface area contributed by atoms with Crippen molar-refractivity contribution in [1.29, 1.82) is 0 Å². The lowest BCUT2D eigenvalue weighted by molar-refractivity contribution is -0.00273. The van der Waals surface area contributed by atoms with Gasteiger partial charge in [0.25, 0.3) is 0 Å². The Hall–Kier alpha value is -1.84. The van der Waals surface area contributed by atoms with Crippen molar-refractivity contribution in [3.8, 4) is 0 Å². The van der Waals surface area contributed by atoms with Gasteiger partial charge in [0, 0.05) is 24.9 Å². The maximum Gasteiger partial charge on any atom is 0.0802 e. The van der Waals surface area contributed by atoms with Crippen molar-refractivity contribution in [2.75, 3.05) is 11.9 Å². The summed E-state index contributed by atoms with van der Waals surface area (Å²) in [5.41, 5.74) is 5.75. The second kappa shape index (κ2) is 6.47. The van der Waals surface area contributed by atoms with Crippen molar-refractivity contribution in [1.82, 2.24) is 4.90 Å². The average molecular weight is 334 g/mol. The highest BCUT2D eigenvalue weighted by Crippen LogP contribution is 2.34. The third-order valence-electron chi connectivity index (χ3n) is 6.15. The first-order valence-electron chi connectivity index (χ1n) is 9.67. The van der Waals surface area contributed by atoms with Crippen LogP contribution in [0.15, 0.2) is 48.5 Å². The van der Waals surface area contributed by atoms with Crippen molar-refractivity contribution < 1.29 is 4.74 Å². The number of hydrogen-bond donors (Lipinski definition) is 1. The molecule has 2 aromatic rings. The predicted octanol–water partition coefficient (Wildman–Crippen LogP) is 3.98. The van der Waals surface area contributed by atoms with Crippen LogP contribution in [0.3, 0.4) is 0 Å². The zero-order chi connectivity index (χ0) is 16.6. The Bertz CT molecular complexity index is 753. The minimum absolute atomic E-state index is 0.382. The number of nitrogens with zero attached hydrogens (tertiary/aromatic N) is 1. The number of ether oxygens (including phenoxy) is 1. The molecule has 3 nitrogen and oxygen atoms in total. The van der Waals surface area contributed by atoms with Gasteiger partial charge in [0.15, 0.2) is 0 Å². The van der Waals surface area contributed by atoms with Crippen LogP contribution < -0.4 is 5.32 Å². The quantitative estimate of drug-likeness (QED) is 0.899. The Balaban J connectivity index is 1.45. The third-order valence-corrected chi connectivity index (χ3v) is 6.15. The van der Waals surface area contributed by atoms with Crippen molar-refractivity contribution in [3.63, 3.8) is 0 Å². The van der Waals surface area contributed by atoms with Crippen LogP contribution >= 0.6 is 0 Å². The van der Waals surface area contributed by atoms with Gasteiger partial charge in [-0.05, 0) is 54.9 Å². The normalized spacial score (nSPS) is 28.9. The Labute approximate surface area is 150 Å². The Morgan fingerprint density at radius 1 is 0.920 bits per heavy atom. The smallest absolute Gasteiger partial charge is 0.0802 e. The number of nitrogens with one attached hydrogen (secondary N) is 1. The highest BCUT2D eigenvalue weighted by Gasteiger charge is 2.38. The van der Waals surface area contributed by atoms with Crippen LogP contribution in [0, 0.1) is 0 Å². The summed E-state index contributed by atoms with van der Waals surface area (Å²) in [5, 5.41) is 3.82. The molecule has 0 aliphatic carbocycles. The minimum Gasteiger partial charge on any atom is -0.377 e. The van der Waals surface area contributed by atoms with E-state index in [4.69, 9.17) is 4.74 Å². The zero-order valence-electron chi connectivity index (χ0n) is 14.7. The van der Waals surface area contributed by atoms with Gasteiger partial charge in [-0.15, -0.1) is 0 Å². The summed E-state index contributed by atoms with van der Waals surface area (Å²) >= 11 is 0. The number of para-hydroxylation sites is 1. The molecule has 130 valence electrons. The molecule has 0 spiro atoms. The van der Waals surface area contributed by atoms with Crippen LogP contribution in [-0.2, 0) is 24.1 Å². The lowest BCUT2D eigenvalue weighted by Gasteiger charge is -2.46. The number of hydrogen-bond acceptors (Lipinski definition) is 3. The Morgan fingerprint density at radius 2 is 1.72 bits per heavy atom. The molecule has 0 bridgehead atoms. The summed E-state index contributed by atoms with van der Waals surface area (Å²) < 4.78 is 6.13. The molecule has 5 rings (SSSR count). The second-order valence-corrected chi connectivity index (χ2v) is 7.62. The molecule has 1 N–H and O–H groups in total. The fraction of sp³-hybridized carbons (Fsp3) is 0.455. The van der Waals surface area contributed by atoms with Gasteiger partial charge >= 0.3 is 0 Å². The van der Waals surface area contributed by atoms with Crippen LogP contribution in [0.5, 0.6) is 0 Å². The van der Waals surface area contributed by atoms with E-state index in [0.717, 1.165) is 26.0 Å². The molecule has 3 atom stereocenters. The van der Waals surface area contributed by atoms with E-state index in [1.165, 1.54) is 41.6 Å². The predicted molar refractivity (Wildman–Crippen MR) is 101 cm³/mol. The summed E-state index contributed by atoms with van der Waals surface area (Å²) in [5.74, 6) is 0. The standard InChI is InChI=1S/C22H26N2O/c1-2-8-18-15-24(20(14-17(18)7-1)21-10-5-13-25-21)22-12-11-16-6-3-4-9-19(16)23-22/h1-4,6-9,20-23H,5,10-15H2. The van der Waals surface area contributed by atoms with E-state index in [0.29, 0.717) is 18.3 Å². The van der Waals surface area contributed by atoms with Crippen LogP contribution in [0.1, 0.15) is 36.0 Å². The van der Waals surface area contributed by atoms with Gasteiger partial charge in [-0.1, -0.05) is 42.5 Å². The van der Waals surface area contributed by atoms with E-state index >= 15 is 0 Å². The van der Waals surface area contributed by atoms with E-state index in [1.807, 2.05) is 0 Å².